The van der Waals surface area contributed by atoms with Crippen LogP contribution in [-0.4, -0.2) is 65.0 Å². The smallest absolute Gasteiger partial charge is 0.326 e. The van der Waals surface area contributed by atoms with Gasteiger partial charge in [-0.25, -0.2) is 4.79 Å². The maximum Gasteiger partial charge on any atom is 0.326 e. The van der Waals surface area contributed by atoms with E-state index in [1.54, 1.807) is 6.92 Å². The SMILES string of the molecule is CCC(C)C(NC(=O)C(CS)NC(=O)C(CS)NC(=O)CN)C(=O)O. The first-order valence-corrected chi connectivity index (χ1v) is 9.02. The monoisotopic (exact) mass is 394 g/mol. The second-order valence-corrected chi connectivity index (χ2v) is 6.19. The number of hydrogen-bond acceptors (Lipinski definition) is 7. The third-order valence-corrected chi connectivity index (χ3v) is 4.34. The van der Waals surface area contributed by atoms with Gasteiger partial charge in [0.05, 0.1) is 6.54 Å². The minimum Gasteiger partial charge on any atom is -0.480 e. The van der Waals surface area contributed by atoms with E-state index in [-0.39, 0.29) is 24.0 Å². The van der Waals surface area contributed by atoms with Crippen LogP contribution < -0.4 is 21.7 Å². The first-order chi connectivity index (χ1) is 11.7. The summed E-state index contributed by atoms with van der Waals surface area (Å²) in [6.07, 6.45) is 0.558. The average molecular weight is 395 g/mol. The molecule has 0 aromatic carbocycles. The van der Waals surface area contributed by atoms with Crippen LogP contribution >= 0.6 is 25.3 Å². The summed E-state index contributed by atoms with van der Waals surface area (Å²) in [7, 11) is 0. The van der Waals surface area contributed by atoms with E-state index in [4.69, 9.17) is 5.73 Å². The van der Waals surface area contributed by atoms with Crippen LogP contribution in [-0.2, 0) is 19.2 Å². The molecule has 0 fully saturated rings. The van der Waals surface area contributed by atoms with Crippen molar-refractivity contribution in [1.82, 2.24) is 16.0 Å². The van der Waals surface area contributed by atoms with E-state index in [9.17, 15) is 24.3 Å². The van der Waals surface area contributed by atoms with Gasteiger partial charge in [-0.3, -0.25) is 14.4 Å². The Hall–Kier alpha value is -1.46. The van der Waals surface area contributed by atoms with Gasteiger partial charge in [0.25, 0.3) is 0 Å². The quantitative estimate of drug-likeness (QED) is 0.210. The molecule has 9 nitrogen and oxygen atoms in total. The van der Waals surface area contributed by atoms with Crippen LogP contribution in [0.1, 0.15) is 20.3 Å². The summed E-state index contributed by atoms with van der Waals surface area (Å²) in [4.78, 5) is 47.0. The van der Waals surface area contributed by atoms with Gasteiger partial charge in [-0.05, 0) is 5.92 Å². The van der Waals surface area contributed by atoms with E-state index in [2.05, 4.69) is 41.2 Å². The lowest BCUT2D eigenvalue weighted by Crippen LogP contribution is -2.58. The van der Waals surface area contributed by atoms with E-state index >= 15 is 0 Å². The number of nitrogens with two attached hydrogens (primary N) is 1. The van der Waals surface area contributed by atoms with Gasteiger partial charge in [-0.1, -0.05) is 20.3 Å². The van der Waals surface area contributed by atoms with Crippen molar-refractivity contribution < 1.29 is 24.3 Å². The van der Waals surface area contributed by atoms with E-state index in [1.807, 2.05) is 6.92 Å². The number of amides is 3. The molecule has 0 saturated heterocycles. The van der Waals surface area contributed by atoms with Crippen LogP contribution in [0.4, 0.5) is 0 Å². The van der Waals surface area contributed by atoms with E-state index in [0.717, 1.165) is 0 Å². The van der Waals surface area contributed by atoms with Gasteiger partial charge in [0.2, 0.25) is 17.7 Å². The van der Waals surface area contributed by atoms with Gasteiger partial charge >= 0.3 is 5.97 Å². The van der Waals surface area contributed by atoms with Gasteiger partial charge in [0, 0.05) is 11.5 Å². The van der Waals surface area contributed by atoms with E-state index in [0.29, 0.717) is 6.42 Å². The molecule has 0 spiro atoms. The van der Waals surface area contributed by atoms with Crippen molar-refractivity contribution in [1.29, 1.82) is 0 Å². The molecule has 3 amide bonds. The third kappa shape index (κ3) is 7.97. The Labute approximate surface area is 157 Å². The molecule has 0 rings (SSSR count). The largest absolute Gasteiger partial charge is 0.480 e. The summed E-state index contributed by atoms with van der Waals surface area (Å²) in [5.74, 6) is -3.33. The molecule has 0 heterocycles. The molecule has 0 aromatic rings. The van der Waals surface area contributed by atoms with Crippen molar-refractivity contribution in [3.05, 3.63) is 0 Å². The molecule has 4 atom stereocenters. The number of thiol groups is 2. The maximum absolute atomic E-state index is 12.3. The predicted octanol–water partition coefficient (Wildman–Crippen LogP) is -1.61. The number of rotatable bonds is 11. The molecular formula is C14H26N4O5S2. The molecule has 25 heavy (non-hydrogen) atoms. The number of carboxylic acids is 1. The summed E-state index contributed by atoms with van der Waals surface area (Å²) in [6.45, 7) is 3.22. The van der Waals surface area contributed by atoms with Crippen molar-refractivity contribution in [3.8, 4) is 0 Å². The van der Waals surface area contributed by atoms with Crippen molar-refractivity contribution >= 4 is 48.9 Å². The Morgan fingerprint density at radius 1 is 1.00 bits per heavy atom. The van der Waals surface area contributed by atoms with Crippen LogP contribution in [0.5, 0.6) is 0 Å². The highest BCUT2D eigenvalue weighted by atomic mass is 32.1. The first kappa shape index (κ1) is 23.5. The molecule has 0 aliphatic heterocycles. The van der Waals surface area contributed by atoms with E-state index < -0.39 is 41.8 Å². The average Bonchev–Trinajstić information content (AvgIpc) is 2.60. The standard InChI is InChI=1S/C14H26N4O5S2/c1-3-7(2)11(14(22)23)18-13(21)9(6-25)17-12(20)8(5-24)16-10(19)4-15/h7-9,11,24-25H,3-6,15H2,1-2H3,(H,16,19)(H,17,20)(H,18,21)(H,22,23). The van der Waals surface area contributed by atoms with Crippen LogP contribution in [0.2, 0.25) is 0 Å². The highest BCUT2D eigenvalue weighted by molar-refractivity contribution is 7.80. The Morgan fingerprint density at radius 3 is 1.88 bits per heavy atom. The Bertz CT molecular complexity index is 492. The normalized spacial score (nSPS) is 15.4. The molecular weight excluding hydrogens is 368 g/mol. The Kier molecular flexibility index (Phi) is 11.3. The summed E-state index contributed by atoms with van der Waals surface area (Å²) in [6, 6.07) is -3.10. The summed E-state index contributed by atoms with van der Waals surface area (Å²) >= 11 is 8.00. The molecule has 0 aromatic heterocycles. The van der Waals surface area contributed by atoms with Crippen molar-refractivity contribution in [2.45, 2.75) is 38.4 Å². The number of carbonyl (C=O) groups is 4. The molecule has 11 heteroatoms. The fourth-order valence-electron chi connectivity index (χ4n) is 1.85. The summed E-state index contributed by atoms with van der Waals surface area (Å²) < 4.78 is 0. The van der Waals surface area contributed by atoms with Gasteiger partial charge in [0.1, 0.15) is 18.1 Å². The molecule has 144 valence electrons. The lowest BCUT2D eigenvalue weighted by Gasteiger charge is -2.25. The lowest BCUT2D eigenvalue weighted by atomic mass is 9.99. The highest BCUT2D eigenvalue weighted by Crippen LogP contribution is 2.08. The third-order valence-electron chi connectivity index (χ3n) is 3.61. The minimum absolute atomic E-state index is 0.00308. The van der Waals surface area contributed by atoms with Crippen LogP contribution in [0.15, 0.2) is 0 Å². The van der Waals surface area contributed by atoms with Gasteiger partial charge in [-0.15, -0.1) is 0 Å². The van der Waals surface area contributed by atoms with Crippen molar-refractivity contribution in [2.24, 2.45) is 11.7 Å². The number of aliphatic carboxylic acids is 1. The minimum atomic E-state index is -1.16. The molecule has 0 radical (unpaired) electrons. The van der Waals surface area contributed by atoms with E-state index in [1.165, 1.54) is 0 Å². The topological polar surface area (TPSA) is 151 Å². The molecule has 0 bridgehead atoms. The highest BCUT2D eigenvalue weighted by Gasteiger charge is 2.30. The molecule has 4 unspecified atom stereocenters. The fraction of sp³-hybridized carbons (Fsp3) is 0.714. The lowest BCUT2D eigenvalue weighted by molar-refractivity contribution is -0.143. The van der Waals surface area contributed by atoms with Crippen LogP contribution in [0, 0.1) is 5.92 Å². The molecule has 0 aliphatic rings. The number of hydrogen-bond donors (Lipinski definition) is 7. The Balaban J connectivity index is 4.95. The number of carboxylic acid groups (broad SMARTS) is 1. The fourth-order valence-corrected chi connectivity index (χ4v) is 2.36. The van der Waals surface area contributed by atoms with Gasteiger partial charge in [-0.2, -0.15) is 25.3 Å². The Morgan fingerprint density at radius 2 is 1.48 bits per heavy atom. The number of carbonyl (C=O) groups excluding carboxylic acids is 3. The van der Waals surface area contributed by atoms with Crippen molar-refractivity contribution in [2.75, 3.05) is 18.1 Å². The zero-order chi connectivity index (χ0) is 19.6. The second-order valence-electron chi connectivity index (χ2n) is 5.46. The summed E-state index contributed by atoms with van der Waals surface area (Å²) in [5, 5.41) is 16.4. The second kappa shape index (κ2) is 12.0. The number of nitrogens with one attached hydrogen (secondary N) is 3. The zero-order valence-electron chi connectivity index (χ0n) is 14.2. The molecule has 0 saturated carbocycles. The van der Waals surface area contributed by atoms with Crippen LogP contribution in [0.3, 0.4) is 0 Å². The maximum atomic E-state index is 12.3. The van der Waals surface area contributed by atoms with Crippen LogP contribution in [0.25, 0.3) is 0 Å². The molecule has 6 N–H and O–H groups in total. The first-order valence-electron chi connectivity index (χ1n) is 7.76. The van der Waals surface area contributed by atoms with Gasteiger partial charge < -0.3 is 26.8 Å². The predicted molar refractivity (Wildman–Crippen MR) is 99.6 cm³/mol. The van der Waals surface area contributed by atoms with Gasteiger partial charge in [0.15, 0.2) is 0 Å². The van der Waals surface area contributed by atoms with Crippen molar-refractivity contribution in [3.63, 3.8) is 0 Å². The zero-order valence-corrected chi connectivity index (χ0v) is 16.0. The summed E-state index contributed by atoms with van der Waals surface area (Å²) in [5.41, 5.74) is 5.17. The molecule has 0 aliphatic carbocycles.